The molecule has 12 nitrogen and oxygen atoms in total. The quantitative estimate of drug-likeness (QED) is 0.214. The molecular weight excluding hydrogens is 593 g/mol. The number of hydrogen-bond acceptors (Lipinski definition) is 14. The van der Waals surface area contributed by atoms with Gasteiger partial charge in [0.05, 0.1) is 49.9 Å². The zero-order valence-electron chi connectivity index (χ0n) is 21.8. The number of esters is 2. The van der Waals surface area contributed by atoms with Crippen LogP contribution in [0.5, 0.6) is 11.5 Å². The van der Waals surface area contributed by atoms with Crippen molar-refractivity contribution < 1.29 is 19.1 Å². The lowest BCUT2D eigenvalue weighted by Gasteiger charge is -2.15. The highest BCUT2D eigenvalue weighted by molar-refractivity contribution is 8.33. The fourth-order valence-electron chi connectivity index (χ4n) is 4.53. The fourth-order valence-corrected chi connectivity index (χ4v) is 10.3. The number of rotatable bonds is 2. The number of hydrogen-bond donors (Lipinski definition) is 0. The second kappa shape index (κ2) is 9.09. The summed E-state index contributed by atoms with van der Waals surface area (Å²) in [6, 6.07) is 0. The minimum absolute atomic E-state index is 0.421. The highest BCUT2D eigenvalue weighted by Gasteiger charge is 2.39. The number of aryl methyl sites for hydroxylation is 4. The number of ether oxygens (including phenoxy) is 2. The van der Waals surface area contributed by atoms with Gasteiger partial charge in [0.1, 0.15) is 11.6 Å². The lowest BCUT2D eigenvalue weighted by molar-refractivity contribution is -0.133. The largest absolute Gasteiger partial charge is 0.424 e. The first-order valence-corrected chi connectivity index (χ1v) is 15.2. The van der Waals surface area contributed by atoms with Gasteiger partial charge in [0.15, 0.2) is 22.8 Å². The monoisotopic (exact) mass is 610 g/mol. The third-order valence-corrected chi connectivity index (χ3v) is 11.2. The Labute approximate surface area is 242 Å². The van der Waals surface area contributed by atoms with Crippen LogP contribution in [0.1, 0.15) is 36.9 Å². The van der Waals surface area contributed by atoms with Gasteiger partial charge >= 0.3 is 11.9 Å². The first-order valence-electron chi connectivity index (χ1n) is 11.9. The Kier molecular flexibility index (Phi) is 5.82. The number of carbonyl (C=O) groups is 2. The van der Waals surface area contributed by atoms with Crippen LogP contribution in [0.2, 0.25) is 0 Å². The molecule has 1 aromatic carbocycles. The summed E-state index contributed by atoms with van der Waals surface area (Å²) in [6.45, 7) is 10.2. The first kappa shape index (κ1) is 25.6. The van der Waals surface area contributed by atoms with Crippen LogP contribution >= 0.6 is 47.0 Å². The van der Waals surface area contributed by atoms with Gasteiger partial charge < -0.3 is 9.47 Å². The summed E-state index contributed by atoms with van der Waals surface area (Å²) < 4.78 is 16.5. The van der Waals surface area contributed by atoms with E-state index < -0.39 is 11.9 Å². The van der Waals surface area contributed by atoms with Crippen LogP contribution in [-0.4, -0.2) is 51.6 Å². The van der Waals surface area contributed by atoms with E-state index in [0.717, 1.165) is 30.3 Å². The molecule has 0 unspecified atom stereocenters. The molecular formula is C24H18N8O4S4. The molecule has 0 amide bonds. The van der Waals surface area contributed by atoms with Crippen molar-refractivity contribution in [2.45, 2.75) is 61.1 Å². The van der Waals surface area contributed by atoms with E-state index in [1.807, 2.05) is 27.7 Å². The molecule has 0 spiro atoms. The fraction of sp³-hybridized carbons (Fsp3) is 0.250. The van der Waals surface area contributed by atoms with Crippen LogP contribution in [0.4, 0.5) is 0 Å². The Hall–Kier alpha value is -3.34. The average Bonchev–Trinajstić information content (AvgIpc) is 3.67. The minimum atomic E-state index is -0.453. The van der Waals surface area contributed by atoms with Gasteiger partial charge in [0.2, 0.25) is 0 Å². The summed E-state index contributed by atoms with van der Waals surface area (Å²) in [5, 5.41) is 19.4. The van der Waals surface area contributed by atoms with Gasteiger partial charge in [-0.3, -0.25) is 9.59 Å². The van der Waals surface area contributed by atoms with Crippen molar-refractivity contribution in [2.24, 2.45) is 0 Å². The number of fused-ring (bicyclic) bond motifs is 4. The summed E-state index contributed by atoms with van der Waals surface area (Å²) in [5.74, 6) is 1.16. The van der Waals surface area contributed by atoms with Crippen molar-refractivity contribution in [1.82, 2.24) is 39.6 Å². The normalized spacial score (nSPS) is 14.4. The molecule has 4 aromatic heterocycles. The van der Waals surface area contributed by atoms with E-state index in [0.29, 0.717) is 54.0 Å². The average molecular weight is 611 g/mol. The Morgan fingerprint density at radius 2 is 0.950 bits per heavy atom. The molecule has 0 fully saturated rings. The molecule has 2 aliphatic rings. The van der Waals surface area contributed by atoms with Crippen LogP contribution in [0.3, 0.4) is 0 Å². The van der Waals surface area contributed by atoms with Crippen molar-refractivity contribution in [1.29, 1.82) is 0 Å². The maximum absolute atomic E-state index is 12.3. The summed E-state index contributed by atoms with van der Waals surface area (Å²) in [5.41, 5.74) is 2.80. The first-order chi connectivity index (χ1) is 19.1. The third-order valence-electron chi connectivity index (χ3n) is 5.97. The van der Waals surface area contributed by atoms with Crippen LogP contribution in [0, 0.1) is 27.7 Å². The molecule has 0 saturated carbocycles. The smallest absolute Gasteiger partial charge is 0.308 e. The molecule has 0 atom stereocenters. The van der Waals surface area contributed by atoms with Crippen molar-refractivity contribution in [3.8, 4) is 11.5 Å². The Bertz CT molecular complexity index is 1900. The number of thioether (sulfide) groups is 4. The molecule has 0 saturated heterocycles. The second-order valence-electron chi connectivity index (χ2n) is 9.01. The molecule has 6 heterocycles. The standard InChI is InChI=1S/C24H18N8O4S4/c1-7-13(21-25-9(3)29-31(21)27-7)23-37-17-15(35-11(5)33)19-20(16(18(17)38-23)36-12(6)34)40-24(39-19)14-8(2)28-32-22(14)26-10(4)30-32/h1-6H3. The molecule has 2 aliphatic heterocycles. The Morgan fingerprint density at radius 3 is 1.27 bits per heavy atom. The van der Waals surface area contributed by atoms with E-state index in [-0.39, 0.29) is 0 Å². The van der Waals surface area contributed by atoms with Crippen molar-refractivity contribution in [2.75, 3.05) is 0 Å². The van der Waals surface area contributed by atoms with E-state index >= 15 is 0 Å². The van der Waals surface area contributed by atoms with Gasteiger partial charge in [-0.2, -0.15) is 10.2 Å². The molecule has 0 bridgehead atoms. The van der Waals surface area contributed by atoms with Crippen molar-refractivity contribution in [3.63, 3.8) is 0 Å². The predicted molar refractivity (Wildman–Crippen MR) is 150 cm³/mol. The number of nitrogens with zero attached hydrogens (tertiary/aromatic N) is 8. The van der Waals surface area contributed by atoms with E-state index in [1.54, 1.807) is 0 Å². The summed E-state index contributed by atoms with van der Waals surface area (Å²) in [4.78, 5) is 36.6. The van der Waals surface area contributed by atoms with Crippen molar-refractivity contribution >= 4 is 78.8 Å². The molecule has 202 valence electrons. The van der Waals surface area contributed by atoms with Crippen LogP contribution in [0.15, 0.2) is 19.6 Å². The van der Waals surface area contributed by atoms with Gasteiger partial charge in [-0.25, -0.2) is 9.97 Å². The molecule has 5 aromatic rings. The molecule has 0 aliphatic carbocycles. The van der Waals surface area contributed by atoms with E-state index in [9.17, 15) is 9.59 Å². The number of carbonyl (C=O) groups excluding carboxylic acids is 2. The van der Waals surface area contributed by atoms with Gasteiger partial charge in [0, 0.05) is 13.8 Å². The summed E-state index contributed by atoms with van der Waals surface area (Å²) >= 11 is 5.74. The predicted octanol–water partition coefficient (Wildman–Crippen LogP) is 3.01. The van der Waals surface area contributed by atoms with Gasteiger partial charge in [-0.1, -0.05) is 47.0 Å². The molecule has 7 rings (SSSR count). The zero-order chi connectivity index (χ0) is 28.0. The number of aromatic nitrogens is 8. The lowest BCUT2D eigenvalue weighted by atomic mass is 10.3. The summed E-state index contributed by atoms with van der Waals surface area (Å²) in [6.07, 6.45) is 0. The Morgan fingerprint density at radius 1 is 0.600 bits per heavy atom. The van der Waals surface area contributed by atoms with E-state index in [1.165, 1.54) is 70.2 Å². The molecule has 0 N–H and O–H groups in total. The molecule has 40 heavy (non-hydrogen) atoms. The highest BCUT2D eigenvalue weighted by Crippen LogP contribution is 2.68. The summed E-state index contributed by atoms with van der Waals surface area (Å²) in [7, 11) is 0. The van der Waals surface area contributed by atoms with E-state index in [2.05, 4.69) is 30.4 Å². The zero-order valence-corrected chi connectivity index (χ0v) is 25.1. The van der Waals surface area contributed by atoms with Crippen LogP contribution in [-0.2, 0) is 9.59 Å². The van der Waals surface area contributed by atoms with Gasteiger partial charge in [-0.05, 0) is 27.7 Å². The number of benzene rings is 1. The molecule has 16 heteroatoms. The second-order valence-corrected chi connectivity index (χ2v) is 13.6. The SMILES string of the molecule is CC(=O)Oc1c2c(c(OC(C)=O)c3c1SC(=c1c(C)nn4nc(C)nc14)S3)SC(=c1c(C)nn3nc(C)nc13)S2. The third kappa shape index (κ3) is 3.88. The van der Waals surface area contributed by atoms with E-state index in [4.69, 9.17) is 9.47 Å². The van der Waals surface area contributed by atoms with Crippen LogP contribution < -0.4 is 19.9 Å². The lowest BCUT2D eigenvalue weighted by Crippen LogP contribution is -2.07. The van der Waals surface area contributed by atoms with Gasteiger partial charge in [0.25, 0.3) is 0 Å². The van der Waals surface area contributed by atoms with Crippen LogP contribution in [0.25, 0.3) is 19.8 Å². The topological polar surface area (TPSA) is 139 Å². The highest BCUT2D eigenvalue weighted by atomic mass is 32.2. The Balaban J connectivity index is 1.48. The maximum Gasteiger partial charge on any atom is 0.308 e. The van der Waals surface area contributed by atoms with Gasteiger partial charge in [-0.15, -0.1) is 19.5 Å². The molecule has 0 radical (unpaired) electrons. The minimum Gasteiger partial charge on any atom is -0.424 e. The van der Waals surface area contributed by atoms with Crippen molar-refractivity contribution in [3.05, 3.63) is 33.5 Å². The maximum atomic E-state index is 12.3.